The normalized spacial score (nSPS) is 12.4. The van der Waals surface area contributed by atoms with Crippen molar-refractivity contribution in [2.75, 3.05) is 0 Å². The van der Waals surface area contributed by atoms with Crippen LogP contribution in [0.5, 0.6) is 0 Å². The fourth-order valence-electron chi connectivity index (χ4n) is 10.2. The molecule has 0 spiro atoms. The Morgan fingerprint density at radius 1 is 0.323 bits per heavy atom. The summed E-state index contributed by atoms with van der Waals surface area (Å²) in [5.41, 5.74) is 16.0. The first kappa shape index (κ1) is 36.2. The zero-order chi connectivity index (χ0) is 41.3. The number of fused-ring (bicyclic) bond motifs is 8. The highest BCUT2D eigenvalue weighted by Crippen LogP contribution is 2.44. The zero-order valence-corrected chi connectivity index (χ0v) is 34.9. The van der Waals surface area contributed by atoms with Gasteiger partial charge < -0.3 is 9.13 Å². The van der Waals surface area contributed by atoms with E-state index in [0.717, 1.165) is 12.1 Å². The molecule has 0 N–H and O–H groups in total. The van der Waals surface area contributed by atoms with Gasteiger partial charge in [-0.3, -0.25) is 0 Å². The minimum atomic E-state index is 0.500. The molecule has 62 heavy (non-hydrogen) atoms. The number of para-hydroxylation sites is 2. The third kappa shape index (κ3) is 5.64. The van der Waals surface area contributed by atoms with Crippen LogP contribution in [0.2, 0.25) is 0 Å². The van der Waals surface area contributed by atoms with Crippen molar-refractivity contribution in [2.45, 2.75) is 26.2 Å². The van der Waals surface area contributed by atoms with Gasteiger partial charge in [-0.1, -0.05) is 159 Å². The van der Waals surface area contributed by atoms with Crippen LogP contribution in [-0.2, 0) is 0 Å². The lowest BCUT2D eigenvalue weighted by molar-refractivity contribution is 0.735. The number of hydrogen-bond acceptors (Lipinski definition) is 0. The number of rotatable bonds is 7. The van der Waals surface area contributed by atoms with E-state index in [1.807, 2.05) is 0 Å². The number of hydrogen-bond donors (Lipinski definition) is 0. The molecule has 2 aromatic heterocycles. The highest BCUT2D eigenvalue weighted by molar-refractivity contribution is 6.21. The standard InChI is InChI=1S/C60H44N2/c1-3-39(2)42-28-33-57-53(36-42)54-38-44(30-35-58(54)61(57)45-18-8-5-9-19-45)43-29-34-56-52(37-43)47-20-14-15-25-55(47)62(56)46-31-26-41(27-32-46)60-50-23-12-10-21-48(50)59(40-16-6-4-7-17-40)49-22-11-13-24-51(49)60/h4-39H,3H2,1-2H3. The van der Waals surface area contributed by atoms with E-state index in [0.29, 0.717) is 5.92 Å². The van der Waals surface area contributed by atoms with Gasteiger partial charge in [0, 0.05) is 32.9 Å². The maximum Gasteiger partial charge on any atom is 0.0541 e. The molecule has 0 saturated carbocycles. The maximum atomic E-state index is 2.43. The fourth-order valence-corrected chi connectivity index (χ4v) is 10.2. The number of benzene rings is 10. The SMILES string of the molecule is CCC(C)c1ccc2c(c1)c1cc(-c3ccc4c(c3)c3ccccc3n4-c3ccc(-c4c5ccccc5c(-c5ccccc5)c5ccccc45)cc3)ccc1n2-c1ccccc1. The van der Waals surface area contributed by atoms with Crippen molar-refractivity contribution in [1.82, 2.24) is 9.13 Å². The van der Waals surface area contributed by atoms with Gasteiger partial charge in [0.25, 0.3) is 0 Å². The van der Waals surface area contributed by atoms with Crippen LogP contribution in [0.15, 0.2) is 212 Å². The largest absolute Gasteiger partial charge is 0.309 e. The lowest BCUT2D eigenvalue weighted by Gasteiger charge is -2.18. The minimum Gasteiger partial charge on any atom is -0.309 e. The van der Waals surface area contributed by atoms with E-state index in [4.69, 9.17) is 0 Å². The number of aromatic nitrogens is 2. The average molecular weight is 793 g/mol. The van der Waals surface area contributed by atoms with Crippen LogP contribution < -0.4 is 0 Å². The average Bonchev–Trinajstić information content (AvgIpc) is 3.85. The summed E-state index contributed by atoms with van der Waals surface area (Å²) >= 11 is 0. The van der Waals surface area contributed by atoms with Gasteiger partial charge in [-0.25, -0.2) is 0 Å². The van der Waals surface area contributed by atoms with E-state index in [1.54, 1.807) is 0 Å². The Balaban J connectivity index is 0.991. The summed E-state index contributed by atoms with van der Waals surface area (Å²) < 4.78 is 4.85. The lowest BCUT2D eigenvalue weighted by Crippen LogP contribution is -1.95. The van der Waals surface area contributed by atoms with E-state index < -0.39 is 0 Å². The lowest BCUT2D eigenvalue weighted by atomic mass is 9.86. The summed E-state index contributed by atoms with van der Waals surface area (Å²) in [6, 6.07) is 78.6. The van der Waals surface area contributed by atoms with Crippen LogP contribution >= 0.6 is 0 Å². The molecule has 2 nitrogen and oxygen atoms in total. The van der Waals surface area contributed by atoms with E-state index in [1.165, 1.54) is 110 Å². The summed E-state index contributed by atoms with van der Waals surface area (Å²) in [5, 5.41) is 10.2. The summed E-state index contributed by atoms with van der Waals surface area (Å²) in [4.78, 5) is 0. The quantitative estimate of drug-likeness (QED) is 0.142. The summed E-state index contributed by atoms with van der Waals surface area (Å²) in [7, 11) is 0. The van der Waals surface area contributed by atoms with Crippen LogP contribution in [0.1, 0.15) is 31.7 Å². The Labute approximate surface area is 361 Å². The minimum absolute atomic E-state index is 0.500. The molecule has 0 radical (unpaired) electrons. The maximum absolute atomic E-state index is 2.43. The van der Waals surface area contributed by atoms with Gasteiger partial charge >= 0.3 is 0 Å². The molecule has 0 aliphatic heterocycles. The highest BCUT2D eigenvalue weighted by Gasteiger charge is 2.19. The van der Waals surface area contributed by atoms with Crippen molar-refractivity contribution >= 4 is 65.2 Å². The third-order valence-corrected chi connectivity index (χ3v) is 13.4. The van der Waals surface area contributed by atoms with Crippen molar-refractivity contribution in [3.63, 3.8) is 0 Å². The van der Waals surface area contributed by atoms with Crippen LogP contribution in [-0.4, -0.2) is 9.13 Å². The topological polar surface area (TPSA) is 9.86 Å². The molecule has 1 atom stereocenters. The fraction of sp³-hybridized carbons (Fsp3) is 0.0667. The Bertz CT molecular complexity index is 3610. The van der Waals surface area contributed by atoms with E-state index in [2.05, 4.69) is 235 Å². The Kier molecular flexibility index (Phi) is 8.47. The first-order chi connectivity index (χ1) is 30.6. The summed E-state index contributed by atoms with van der Waals surface area (Å²) in [6.07, 6.45) is 1.11. The van der Waals surface area contributed by atoms with Crippen molar-refractivity contribution < 1.29 is 0 Å². The molecule has 12 aromatic rings. The van der Waals surface area contributed by atoms with Crippen molar-refractivity contribution in [3.8, 4) is 44.8 Å². The molecular weight excluding hydrogens is 749 g/mol. The van der Waals surface area contributed by atoms with E-state index in [9.17, 15) is 0 Å². The van der Waals surface area contributed by atoms with E-state index in [-0.39, 0.29) is 0 Å². The molecule has 0 saturated heterocycles. The molecule has 10 aromatic carbocycles. The van der Waals surface area contributed by atoms with Gasteiger partial charge in [-0.15, -0.1) is 0 Å². The second-order valence-electron chi connectivity index (χ2n) is 16.8. The first-order valence-corrected chi connectivity index (χ1v) is 21.9. The van der Waals surface area contributed by atoms with Gasteiger partial charge in [0.1, 0.15) is 0 Å². The van der Waals surface area contributed by atoms with Crippen LogP contribution in [0, 0.1) is 0 Å². The monoisotopic (exact) mass is 792 g/mol. The second-order valence-corrected chi connectivity index (χ2v) is 16.8. The van der Waals surface area contributed by atoms with Crippen LogP contribution in [0.25, 0.3) is 110 Å². The molecule has 2 heterocycles. The molecule has 1 unspecified atom stereocenters. The van der Waals surface area contributed by atoms with Crippen molar-refractivity contribution in [1.29, 1.82) is 0 Å². The third-order valence-electron chi connectivity index (χ3n) is 13.4. The van der Waals surface area contributed by atoms with Crippen LogP contribution in [0.4, 0.5) is 0 Å². The van der Waals surface area contributed by atoms with Gasteiger partial charge in [0.2, 0.25) is 0 Å². The molecule has 0 aliphatic carbocycles. The molecule has 12 rings (SSSR count). The molecule has 0 bridgehead atoms. The molecular formula is C60H44N2. The molecule has 0 aliphatic rings. The smallest absolute Gasteiger partial charge is 0.0541 e. The van der Waals surface area contributed by atoms with Gasteiger partial charge in [-0.05, 0) is 140 Å². The zero-order valence-electron chi connectivity index (χ0n) is 34.9. The molecule has 2 heteroatoms. The second kappa shape index (κ2) is 14.5. The Morgan fingerprint density at radius 3 is 1.26 bits per heavy atom. The predicted octanol–water partition coefficient (Wildman–Crippen LogP) is 16.7. The summed E-state index contributed by atoms with van der Waals surface area (Å²) in [5.74, 6) is 0.500. The van der Waals surface area contributed by atoms with Crippen molar-refractivity contribution in [2.24, 2.45) is 0 Å². The van der Waals surface area contributed by atoms with Crippen LogP contribution in [0.3, 0.4) is 0 Å². The van der Waals surface area contributed by atoms with Gasteiger partial charge in [0.05, 0.1) is 22.1 Å². The summed E-state index contributed by atoms with van der Waals surface area (Å²) in [6.45, 7) is 4.61. The van der Waals surface area contributed by atoms with Crippen molar-refractivity contribution in [3.05, 3.63) is 218 Å². The number of nitrogens with zero attached hydrogens (tertiary/aromatic N) is 2. The first-order valence-electron chi connectivity index (χ1n) is 21.9. The molecule has 0 amide bonds. The highest BCUT2D eigenvalue weighted by atomic mass is 15.0. The predicted molar refractivity (Wildman–Crippen MR) is 265 cm³/mol. The van der Waals surface area contributed by atoms with Gasteiger partial charge in [-0.2, -0.15) is 0 Å². The molecule has 294 valence electrons. The van der Waals surface area contributed by atoms with E-state index >= 15 is 0 Å². The Morgan fingerprint density at radius 2 is 0.710 bits per heavy atom. The van der Waals surface area contributed by atoms with Gasteiger partial charge in [0.15, 0.2) is 0 Å². The Hall–Kier alpha value is -7.68. The molecule has 0 fully saturated rings.